The zero-order valence-electron chi connectivity index (χ0n) is 23.4. The van der Waals surface area contributed by atoms with Crippen molar-refractivity contribution < 1.29 is 28.1 Å². The van der Waals surface area contributed by atoms with Gasteiger partial charge in [-0.3, -0.25) is 15.1 Å². The molecule has 0 unspecified atom stereocenters. The second kappa shape index (κ2) is 12.0. The molecule has 43 heavy (non-hydrogen) atoms. The summed E-state index contributed by atoms with van der Waals surface area (Å²) in [5, 5.41) is 6.99. The molecule has 220 valence electrons. The van der Waals surface area contributed by atoms with E-state index in [-0.39, 0.29) is 11.5 Å². The number of hydrogen-bond acceptors (Lipinski definition) is 10. The van der Waals surface area contributed by atoms with Crippen LogP contribution in [0.5, 0.6) is 28.9 Å². The highest BCUT2D eigenvalue weighted by molar-refractivity contribution is 5.88. The Morgan fingerprint density at radius 3 is 2.30 bits per heavy atom. The molecule has 0 fully saturated rings. The summed E-state index contributed by atoms with van der Waals surface area (Å²) in [5.41, 5.74) is -1.08. The zero-order chi connectivity index (χ0) is 30.7. The van der Waals surface area contributed by atoms with E-state index in [9.17, 15) is 18.8 Å². The first kappa shape index (κ1) is 28.7. The highest BCUT2D eigenvalue weighted by Gasteiger charge is 2.20. The van der Waals surface area contributed by atoms with Crippen LogP contribution in [0.2, 0.25) is 0 Å². The van der Waals surface area contributed by atoms with Crippen molar-refractivity contribution in [2.75, 3.05) is 19.5 Å². The van der Waals surface area contributed by atoms with Crippen LogP contribution < -0.4 is 35.5 Å². The number of aromatic nitrogens is 5. The van der Waals surface area contributed by atoms with Gasteiger partial charge in [0, 0.05) is 17.6 Å². The van der Waals surface area contributed by atoms with Gasteiger partial charge in [-0.05, 0) is 62.4 Å². The predicted octanol–water partition coefficient (Wildman–Crippen LogP) is 4.48. The lowest BCUT2D eigenvalue weighted by Gasteiger charge is -2.14. The second-order valence-electron chi connectivity index (χ2n) is 9.27. The van der Waals surface area contributed by atoms with E-state index in [0.29, 0.717) is 33.9 Å². The Bertz CT molecular complexity index is 1920. The van der Waals surface area contributed by atoms with Crippen molar-refractivity contribution in [3.8, 4) is 34.6 Å². The lowest BCUT2D eigenvalue weighted by molar-refractivity contribution is 0.210. The fourth-order valence-electron chi connectivity index (χ4n) is 4.08. The minimum Gasteiger partial charge on any atom is -0.493 e. The third-order valence-corrected chi connectivity index (χ3v) is 6.14. The number of methoxy groups -OCH3 is 2. The molecule has 2 aromatic carbocycles. The molecule has 0 saturated heterocycles. The van der Waals surface area contributed by atoms with Crippen LogP contribution in [0.1, 0.15) is 19.9 Å². The van der Waals surface area contributed by atoms with Crippen LogP contribution in [-0.2, 0) is 0 Å². The van der Waals surface area contributed by atoms with Crippen LogP contribution >= 0.6 is 0 Å². The van der Waals surface area contributed by atoms with E-state index >= 15 is 0 Å². The van der Waals surface area contributed by atoms with Gasteiger partial charge >= 0.3 is 23.2 Å². The monoisotopic (exact) mass is 588 g/mol. The van der Waals surface area contributed by atoms with Crippen LogP contribution in [0.4, 0.5) is 15.0 Å². The van der Waals surface area contributed by atoms with Gasteiger partial charge in [0.2, 0.25) is 0 Å². The number of fused-ring (bicyclic) bond motifs is 1. The first-order valence-corrected chi connectivity index (χ1v) is 12.8. The van der Waals surface area contributed by atoms with Crippen LogP contribution in [0.15, 0.2) is 76.6 Å². The minimum absolute atomic E-state index is 0.0790. The molecule has 0 spiro atoms. The summed E-state index contributed by atoms with van der Waals surface area (Å²) in [6, 6.07) is 12.4. The molecular weight excluding hydrogens is 563 g/mol. The van der Waals surface area contributed by atoms with Crippen molar-refractivity contribution in [3.05, 3.63) is 93.6 Å². The van der Waals surface area contributed by atoms with Gasteiger partial charge in [-0.1, -0.05) is 0 Å². The van der Waals surface area contributed by atoms with E-state index in [1.54, 1.807) is 44.3 Å². The lowest BCUT2D eigenvalue weighted by Crippen LogP contribution is -2.42. The number of halogens is 1. The van der Waals surface area contributed by atoms with E-state index in [1.807, 2.05) is 0 Å². The van der Waals surface area contributed by atoms with Crippen molar-refractivity contribution in [2.24, 2.45) is 0 Å². The number of ether oxygens (including phenoxy) is 4. The summed E-state index contributed by atoms with van der Waals surface area (Å²) in [7, 11) is 3.06. The molecule has 0 aliphatic carbocycles. The highest BCUT2D eigenvalue weighted by atomic mass is 19.1. The summed E-state index contributed by atoms with van der Waals surface area (Å²) in [6.45, 7) is 3.32. The van der Waals surface area contributed by atoms with Crippen LogP contribution in [0, 0.1) is 5.82 Å². The number of benzene rings is 2. The Kier molecular flexibility index (Phi) is 8.00. The summed E-state index contributed by atoms with van der Waals surface area (Å²) >= 11 is 0. The summed E-state index contributed by atoms with van der Waals surface area (Å²) in [6.07, 6.45) is 1.89. The van der Waals surface area contributed by atoms with Gasteiger partial charge in [0.15, 0.2) is 11.5 Å². The normalized spacial score (nSPS) is 10.9. The van der Waals surface area contributed by atoms with Gasteiger partial charge in [0.25, 0.3) is 0 Å². The van der Waals surface area contributed by atoms with Crippen molar-refractivity contribution in [1.29, 1.82) is 0 Å². The lowest BCUT2D eigenvalue weighted by atomic mass is 10.2. The number of rotatable bonds is 8. The first-order valence-electron chi connectivity index (χ1n) is 12.8. The SMILES string of the molecule is COc1cc2nccc(Oc3ccc(NC(=O)Oc4nn(C(C)C)c(=O)n(-c5ccc(F)cc5)c4=O)nc3)c2cc1OC. The molecule has 14 heteroatoms. The van der Waals surface area contributed by atoms with Crippen molar-refractivity contribution in [1.82, 2.24) is 24.3 Å². The summed E-state index contributed by atoms with van der Waals surface area (Å²) < 4.78 is 37.0. The number of amides is 1. The molecule has 0 saturated carbocycles. The van der Waals surface area contributed by atoms with Crippen molar-refractivity contribution in [2.45, 2.75) is 19.9 Å². The molecule has 1 amide bonds. The van der Waals surface area contributed by atoms with E-state index in [4.69, 9.17) is 18.9 Å². The number of pyridine rings is 2. The molecule has 13 nitrogen and oxygen atoms in total. The van der Waals surface area contributed by atoms with Crippen molar-refractivity contribution >= 4 is 22.8 Å². The number of anilines is 1. The fourth-order valence-corrected chi connectivity index (χ4v) is 4.08. The molecule has 0 bridgehead atoms. The summed E-state index contributed by atoms with van der Waals surface area (Å²) in [5.74, 6) is 0.740. The van der Waals surface area contributed by atoms with E-state index < -0.39 is 35.1 Å². The Morgan fingerprint density at radius 2 is 1.65 bits per heavy atom. The highest BCUT2D eigenvalue weighted by Crippen LogP contribution is 2.36. The average Bonchev–Trinajstić information content (AvgIpc) is 2.99. The smallest absolute Gasteiger partial charge is 0.419 e. The zero-order valence-corrected chi connectivity index (χ0v) is 23.4. The molecule has 3 heterocycles. The van der Waals surface area contributed by atoms with Gasteiger partial charge in [0.05, 0.1) is 37.7 Å². The fraction of sp³-hybridized carbons (Fsp3) is 0.172. The van der Waals surface area contributed by atoms with Crippen LogP contribution in [0.3, 0.4) is 0 Å². The molecule has 0 radical (unpaired) electrons. The van der Waals surface area contributed by atoms with Gasteiger partial charge in [0.1, 0.15) is 23.1 Å². The maximum absolute atomic E-state index is 13.4. The first-order chi connectivity index (χ1) is 20.7. The maximum Gasteiger partial charge on any atom is 0.419 e. The summed E-state index contributed by atoms with van der Waals surface area (Å²) in [4.78, 5) is 47.2. The molecule has 5 aromatic rings. The minimum atomic E-state index is -1.08. The van der Waals surface area contributed by atoms with E-state index in [0.717, 1.165) is 21.4 Å². The Balaban J connectivity index is 1.35. The second-order valence-corrected chi connectivity index (χ2v) is 9.27. The van der Waals surface area contributed by atoms with Gasteiger partial charge < -0.3 is 18.9 Å². The number of nitrogens with one attached hydrogen (secondary N) is 1. The number of carbonyl (C=O) groups excluding carboxylic acids is 1. The third kappa shape index (κ3) is 5.98. The average molecular weight is 589 g/mol. The Morgan fingerprint density at radius 1 is 0.930 bits per heavy atom. The van der Waals surface area contributed by atoms with Crippen LogP contribution in [0.25, 0.3) is 16.6 Å². The van der Waals surface area contributed by atoms with Crippen molar-refractivity contribution in [3.63, 3.8) is 0 Å². The molecule has 5 rings (SSSR count). The molecule has 0 atom stereocenters. The third-order valence-electron chi connectivity index (χ3n) is 6.14. The number of carbonyl (C=O) groups is 1. The number of hydrogen-bond donors (Lipinski definition) is 1. The number of nitrogens with zero attached hydrogens (tertiary/aromatic N) is 5. The quantitative estimate of drug-likeness (QED) is 0.275. The van der Waals surface area contributed by atoms with Gasteiger partial charge in [-0.15, -0.1) is 5.10 Å². The maximum atomic E-state index is 13.4. The van der Waals surface area contributed by atoms with Gasteiger partial charge in [-0.2, -0.15) is 0 Å². The molecule has 3 aromatic heterocycles. The molecule has 0 aliphatic heterocycles. The van der Waals surface area contributed by atoms with Crippen LogP contribution in [-0.4, -0.2) is 44.6 Å². The predicted molar refractivity (Wildman–Crippen MR) is 153 cm³/mol. The van der Waals surface area contributed by atoms with E-state index in [1.165, 1.54) is 38.6 Å². The topological polar surface area (TPSA) is 149 Å². The standard InChI is InChI=1S/C29H25FN6O7/c1-16(2)36-29(39)35(18-7-5-17(30)6-8-18)27(37)26(34-36)43-28(38)33-25-10-9-19(15-32-25)42-22-11-12-31-21-14-24(41-4)23(40-3)13-20(21)22/h5-16H,1-4H3,(H,32,33,38). The molecule has 1 N–H and O–H groups in total. The molecule has 0 aliphatic rings. The van der Waals surface area contributed by atoms with E-state index in [2.05, 4.69) is 20.4 Å². The Labute approximate surface area is 243 Å². The Hall–Kier alpha value is -5.79. The van der Waals surface area contributed by atoms with Gasteiger partial charge in [-0.25, -0.2) is 28.2 Å². The molecular formula is C29H25FN6O7. The largest absolute Gasteiger partial charge is 0.493 e.